The minimum atomic E-state index is -0.603. The number of carbonyl (C=O) groups is 2. The Bertz CT molecular complexity index is 506. The molecule has 0 saturated carbocycles. The molecule has 0 radical (unpaired) electrons. The van der Waals surface area contributed by atoms with Crippen LogP contribution in [0.2, 0.25) is 0 Å². The second-order valence-electron chi connectivity index (χ2n) is 5.63. The average Bonchev–Trinajstić information content (AvgIpc) is 2.84. The van der Waals surface area contributed by atoms with Crippen LogP contribution in [0, 0.1) is 0 Å². The van der Waals surface area contributed by atoms with Crippen LogP contribution in [-0.2, 0) is 19.1 Å². The van der Waals surface area contributed by atoms with E-state index in [-0.39, 0.29) is 29.0 Å². The topological polar surface area (TPSA) is 59.1 Å². The molecule has 0 aliphatic carbocycles. The monoisotopic (exact) mass is 360 g/mol. The van der Waals surface area contributed by atoms with Gasteiger partial charge >= 0.3 is 11.9 Å². The van der Waals surface area contributed by atoms with Gasteiger partial charge in [0.25, 0.3) is 0 Å². The van der Waals surface area contributed by atoms with E-state index >= 15 is 0 Å². The van der Waals surface area contributed by atoms with Gasteiger partial charge in [-0.25, -0.2) is 9.59 Å². The first-order valence-corrected chi connectivity index (χ1v) is 9.40. The Labute approximate surface area is 145 Å². The van der Waals surface area contributed by atoms with Crippen LogP contribution in [0.5, 0.6) is 0 Å². The summed E-state index contributed by atoms with van der Waals surface area (Å²) >= 11 is 3.10. The van der Waals surface area contributed by atoms with Crippen LogP contribution >= 0.6 is 23.5 Å². The molecule has 0 bridgehead atoms. The van der Waals surface area contributed by atoms with Gasteiger partial charge in [-0.2, -0.15) is 0 Å². The van der Waals surface area contributed by atoms with E-state index in [9.17, 15) is 9.59 Å². The largest absolute Gasteiger partial charge is 0.462 e. The van der Waals surface area contributed by atoms with Crippen molar-refractivity contribution < 1.29 is 19.1 Å². The molecule has 23 heavy (non-hydrogen) atoms. The van der Waals surface area contributed by atoms with Crippen molar-refractivity contribution in [2.24, 2.45) is 0 Å². The normalized spacial score (nSPS) is 28.4. The van der Waals surface area contributed by atoms with Crippen LogP contribution in [0.4, 0.5) is 0 Å². The SMILES string of the molecule is CCOC(=O)C(C(=O)OCC)=C1SC2N(C)CCN(C)C2(C)S1. The van der Waals surface area contributed by atoms with Gasteiger partial charge in [-0.3, -0.25) is 9.80 Å². The second kappa shape index (κ2) is 7.46. The number of piperazine rings is 1. The van der Waals surface area contributed by atoms with Crippen molar-refractivity contribution >= 4 is 35.5 Å². The van der Waals surface area contributed by atoms with Gasteiger partial charge in [-0.15, -0.1) is 0 Å². The molecule has 2 saturated heterocycles. The van der Waals surface area contributed by atoms with E-state index in [1.807, 2.05) is 0 Å². The molecule has 2 heterocycles. The maximum absolute atomic E-state index is 12.3. The molecule has 0 aromatic heterocycles. The highest BCUT2D eigenvalue weighted by atomic mass is 32.2. The van der Waals surface area contributed by atoms with E-state index < -0.39 is 11.9 Å². The quantitative estimate of drug-likeness (QED) is 0.325. The lowest BCUT2D eigenvalue weighted by Gasteiger charge is -2.47. The fourth-order valence-electron chi connectivity index (χ4n) is 2.65. The van der Waals surface area contributed by atoms with E-state index in [0.717, 1.165) is 13.1 Å². The van der Waals surface area contributed by atoms with Gasteiger partial charge in [-0.1, -0.05) is 23.5 Å². The highest BCUT2D eigenvalue weighted by Crippen LogP contribution is 2.58. The average molecular weight is 361 g/mol. The number of thioether (sulfide) groups is 2. The number of hydrogen-bond acceptors (Lipinski definition) is 8. The first-order chi connectivity index (χ1) is 10.8. The van der Waals surface area contributed by atoms with Crippen molar-refractivity contribution in [3.63, 3.8) is 0 Å². The van der Waals surface area contributed by atoms with Gasteiger partial charge in [0.1, 0.15) is 0 Å². The van der Waals surface area contributed by atoms with Crippen LogP contribution in [0.3, 0.4) is 0 Å². The molecule has 0 N–H and O–H groups in total. The Morgan fingerprint density at radius 2 is 1.74 bits per heavy atom. The smallest absolute Gasteiger partial charge is 0.347 e. The molecule has 2 unspecified atom stereocenters. The van der Waals surface area contributed by atoms with Gasteiger partial charge in [0, 0.05) is 13.1 Å². The minimum absolute atomic E-state index is 0.0288. The number of nitrogens with zero attached hydrogens (tertiary/aromatic N) is 2. The summed E-state index contributed by atoms with van der Waals surface area (Å²) in [6.07, 6.45) is 0. The Morgan fingerprint density at radius 1 is 1.17 bits per heavy atom. The van der Waals surface area contributed by atoms with Crippen LogP contribution in [0.25, 0.3) is 0 Å². The number of hydrogen-bond donors (Lipinski definition) is 0. The molecule has 2 aliphatic heterocycles. The van der Waals surface area contributed by atoms with E-state index in [4.69, 9.17) is 9.47 Å². The molecule has 0 spiro atoms. The number of esters is 2. The zero-order valence-electron chi connectivity index (χ0n) is 14.2. The Kier molecular flexibility index (Phi) is 6.05. The number of ether oxygens (including phenoxy) is 2. The van der Waals surface area contributed by atoms with Gasteiger partial charge in [0.05, 0.1) is 27.7 Å². The molecule has 2 atom stereocenters. The third-order valence-corrected chi connectivity index (χ3v) is 7.57. The first-order valence-electron chi connectivity index (χ1n) is 7.70. The lowest BCUT2D eigenvalue weighted by molar-refractivity contribution is -0.146. The molecule has 6 nitrogen and oxygen atoms in total. The number of fused-ring (bicyclic) bond motifs is 1. The van der Waals surface area contributed by atoms with Crippen LogP contribution in [0.15, 0.2) is 9.81 Å². The third-order valence-electron chi connectivity index (χ3n) is 4.09. The van der Waals surface area contributed by atoms with Gasteiger partial charge in [-0.05, 0) is 34.9 Å². The summed E-state index contributed by atoms with van der Waals surface area (Å²) in [6.45, 7) is 7.94. The lowest BCUT2D eigenvalue weighted by Crippen LogP contribution is -2.59. The molecule has 8 heteroatoms. The Hall–Kier alpha value is -0.700. The summed E-state index contributed by atoms with van der Waals surface area (Å²) in [5, 5.41) is 0.167. The van der Waals surface area contributed by atoms with Crippen molar-refractivity contribution in [1.29, 1.82) is 0 Å². The maximum Gasteiger partial charge on any atom is 0.347 e. The number of likely N-dealkylation sites (N-methyl/N-ethyl adjacent to an activating group) is 2. The molecule has 0 aromatic carbocycles. The highest BCUT2D eigenvalue weighted by molar-refractivity contribution is 8.26. The zero-order valence-corrected chi connectivity index (χ0v) is 15.9. The van der Waals surface area contributed by atoms with Crippen molar-refractivity contribution in [2.45, 2.75) is 31.0 Å². The highest BCUT2D eigenvalue weighted by Gasteiger charge is 2.52. The summed E-state index contributed by atoms with van der Waals surface area (Å²) < 4.78 is 10.8. The van der Waals surface area contributed by atoms with Crippen LogP contribution < -0.4 is 0 Å². The molecule has 2 fully saturated rings. The fraction of sp³-hybridized carbons (Fsp3) is 0.733. The predicted octanol–water partition coefficient (Wildman–Crippen LogP) is 1.72. The molecule has 0 aromatic rings. The molecular formula is C15H24N2O4S2. The third kappa shape index (κ3) is 3.55. The van der Waals surface area contributed by atoms with Crippen molar-refractivity contribution in [3.05, 3.63) is 9.81 Å². The van der Waals surface area contributed by atoms with Gasteiger partial charge in [0.2, 0.25) is 0 Å². The number of rotatable bonds is 4. The lowest BCUT2D eigenvalue weighted by atomic mass is 10.2. The summed E-state index contributed by atoms with van der Waals surface area (Å²) in [4.78, 5) is 28.9. The molecule has 2 aliphatic rings. The van der Waals surface area contributed by atoms with Crippen molar-refractivity contribution in [3.8, 4) is 0 Å². The fourth-order valence-corrected chi connectivity index (χ4v) is 6.26. The van der Waals surface area contributed by atoms with E-state index in [1.165, 1.54) is 0 Å². The zero-order chi connectivity index (χ0) is 17.2. The molecular weight excluding hydrogens is 336 g/mol. The summed E-state index contributed by atoms with van der Waals surface area (Å²) in [5.74, 6) is -1.21. The van der Waals surface area contributed by atoms with Crippen molar-refractivity contribution in [1.82, 2.24) is 9.80 Å². The summed E-state index contributed by atoms with van der Waals surface area (Å²) in [5.41, 5.74) is 0.0288. The van der Waals surface area contributed by atoms with Crippen LogP contribution in [-0.4, -0.2) is 72.4 Å². The van der Waals surface area contributed by atoms with Crippen molar-refractivity contribution in [2.75, 3.05) is 40.4 Å². The summed E-state index contributed by atoms with van der Waals surface area (Å²) in [6, 6.07) is 0. The molecule has 130 valence electrons. The van der Waals surface area contributed by atoms with Crippen LogP contribution in [0.1, 0.15) is 20.8 Å². The predicted molar refractivity (Wildman–Crippen MR) is 92.9 cm³/mol. The molecule has 2 rings (SSSR count). The van der Waals surface area contributed by atoms with E-state index in [1.54, 1.807) is 37.4 Å². The maximum atomic E-state index is 12.3. The second-order valence-corrected chi connectivity index (χ2v) is 8.42. The minimum Gasteiger partial charge on any atom is -0.462 e. The first kappa shape index (κ1) is 18.6. The Balaban J connectivity index is 2.39. The van der Waals surface area contributed by atoms with E-state index in [2.05, 4.69) is 30.8 Å². The molecule has 0 amide bonds. The van der Waals surface area contributed by atoms with Gasteiger partial charge in [0.15, 0.2) is 5.57 Å². The number of carbonyl (C=O) groups excluding carboxylic acids is 2. The van der Waals surface area contributed by atoms with E-state index in [0.29, 0.717) is 4.24 Å². The standard InChI is InChI=1S/C15H24N2O4S2/c1-6-20-11(18)10(12(19)21-7-2)13-22-14-15(3,23-13)17(5)9-8-16(14)4/h14H,6-9H2,1-5H3. The Morgan fingerprint density at radius 3 is 2.22 bits per heavy atom. The van der Waals surface area contributed by atoms with Gasteiger partial charge < -0.3 is 9.47 Å². The summed E-state index contributed by atoms with van der Waals surface area (Å²) in [7, 11) is 4.14.